The number of rotatable bonds is 7. The number of para-hydroxylation sites is 1. The number of hydrogen-bond acceptors (Lipinski definition) is 5. The minimum absolute atomic E-state index is 0.0497. The molecule has 1 amide bonds. The Balaban J connectivity index is 2.12. The predicted octanol–water partition coefficient (Wildman–Crippen LogP) is 1.47. The number of benzene rings is 2. The molecule has 0 fully saturated rings. The molecule has 0 aliphatic rings. The lowest BCUT2D eigenvalue weighted by molar-refractivity contribution is 0.0927. The Morgan fingerprint density at radius 1 is 1.14 bits per heavy atom. The molecule has 1 N–H and O–H groups in total. The number of methoxy groups -OCH3 is 1. The van der Waals surface area contributed by atoms with Crippen molar-refractivity contribution in [2.75, 3.05) is 20.3 Å². The van der Waals surface area contributed by atoms with Gasteiger partial charge in [0.25, 0.3) is 11.5 Å². The molecule has 0 unspecified atom stereocenters. The number of ether oxygens (including phenoxy) is 1. The van der Waals surface area contributed by atoms with Gasteiger partial charge < -0.3 is 10.1 Å². The molecule has 0 spiro atoms. The van der Waals surface area contributed by atoms with Crippen LogP contribution in [-0.4, -0.2) is 40.5 Å². The van der Waals surface area contributed by atoms with Gasteiger partial charge in [-0.25, -0.2) is 4.79 Å². The fourth-order valence-corrected chi connectivity index (χ4v) is 2.92. The molecule has 0 radical (unpaired) electrons. The Morgan fingerprint density at radius 3 is 2.59 bits per heavy atom. The van der Waals surface area contributed by atoms with Gasteiger partial charge in [0.15, 0.2) is 0 Å². The molecule has 0 bridgehead atoms. The van der Waals surface area contributed by atoms with E-state index in [0.717, 1.165) is 9.25 Å². The van der Waals surface area contributed by atoms with Crippen molar-refractivity contribution in [3.63, 3.8) is 0 Å². The number of halogens is 1. The van der Waals surface area contributed by atoms with Gasteiger partial charge in [-0.05, 0) is 29.8 Å². The second kappa shape index (κ2) is 9.31. The lowest BCUT2D eigenvalue weighted by Gasteiger charge is -2.12. The van der Waals surface area contributed by atoms with Gasteiger partial charge in [-0.15, -0.1) is 0 Å². The van der Waals surface area contributed by atoms with Crippen LogP contribution < -0.4 is 16.6 Å². The maximum atomic E-state index is 13.0. The summed E-state index contributed by atoms with van der Waals surface area (Å²) in [5.41, 5.74) is -0.741. The zero-order valence-corrected chi connectivity index (χ0v) is 16.4. The summed E-state index contributed by atoms with van der Waals surface area (Å²) < 4.78 is 6.91. The molecule has 150 valence electrons. The quantitative estimate of drug-likeness (QED) is 0.591. The van der Waals surface area contributed by atoms with Crippen molar-refractivity contribution in [2.24, 2.45) is 0 Å². The van der Waals surface area contributed by atoms with Gasteiger partial charge in [-0.3, -0.25) is 14.2 Å². The van der Waals surface area contributed by atoms with E-state index in [-0.39, 0.29) is 25.4 Å². The van der Waals surface area contributed by atoms with E-state index in [1.165, 1.54) is 7.11 Å². The Bertz CT molecular complexity index is 1130. The number of nitrogens with zero attached hydrogens (tertiary/aromatic N) is 3. The van der Waals surface area contributed by atoms with Crippen LogP contribution in [0.4, 0.5) is 0 Å². The van der Waals surface area contributed by atoms with Crippen molar-refractivity contribution in [3.05, 3.63) is 91.7 Å². The second-order valence-electron chi connectivity index (χ2n) is 6.15. The molecule has 0 saturated heterocycles. The Kier molecular flexibility index (Phi) is 6.58. The smallest absolute Gasteiger partial charge is 0.352 e. The molecule has 0 atom stereocenters. The van der Waals surface area contributed by atoms with Crippen molar-refractivity contribution >= 4 is 17.5 Å². The molecule has 3 aromatic rings. The molecule has 2 aromatic carbocycles. The van der Waals surface area contributed by atoms with Crippen LogP contribution in [0, 0.1) is 0 Å². The summed E-state index contributed by atoms with van der Waals surface area (Å²) in [7, 11) is 1.50. The average molecular weight is 415 g/mol. The van der Waals surface area contributed by atoms with E-state index in [1.54, 1.807) is 54.6 Å². The Labute approximate surface area is 171 Å². The molecular weight excluding hydrogens is 396 g/mol. The van der Waals surface area contributed by atoms with E-state index in [2.05, 4.69) is 10.4 Å². The molecule has 3 rings (SSSR count). The number of carbonyl (C=O) groups is 1. The monoisotopic (exact) mass is 414 g/mol. The molecule has 29 heavy (non-hydrogen) atoms. The van der Waals surface area contributed by atoms with Crippen LogP contribution in [0.5, 0.6) is 0 Å². The molecule has 0 aliphatic heterocycles. The van der Waals surface area contributed by atoms with Crippen LogP contribution in [-0.2, 0) is 11.3 Å². The minimum atomic E-state index is -0.780. The van der Waals surface area contributed by atoms with Gasteiger partial charge in [0.1, 0.15) is 0 Å². The van der Waals surface area contributed by atoms with Crippen LogP contribution in [0.15, 0.2) is 64.2 Å². The topological polar surface area (TPSA) is 95.2 Å². The first-order chi connectivity index (χ1) is 14.0. The molecule has 0 aliphatic carbocycles. The lowest BCUT2D eigenvalue weighted by atomic mass is 10.2. The van der Waals surface area contributed by atoms with E-state index in [4.69, 9.17) is 16.3 Å². The largest absolute Gasteiger partial charge is 0.383 e. The third-order valence-electron chi connectivity index (χ3n) is 4.10. The maximum absolute atomic E-state index is 13.0. The molecule has 1 heterocycles. The Hall–Kier alpha value is -3.23. The van der Waals surface area contributed by atoms with Crippen LogP contribution >= 0.6 is 11.6 Å². The van der Waals surface area contributed by atoms with Crippen molar-refractivity contribution in [3.8, 4) is 5.69 Å². The Morgan fingerprint density at radius 2 is 1.90 bits per heavy atom. The predicted molar refractivity (Wildman–Crippen MR) is 109 cm³/mol. The summed E-state index contributed by atoms with van der Waals surface area (Å²) in [5.74, 6) is -0.684. The molecule has 9 heteroatoms. The van der Waals surface area contributed by atoms with Gasteiger partial charge in [0.2, 0.25) is 5.69 Å². The lowest BCUT2D eigenvalue weighted by Crippen LogP contribution is -2.46. The maximum Gasteiger partial charge on any atom is 0.352 e. The normalized spacial score (nSPS) is 10.7. The van der Waals surface area contributed by atoms with Crippen LogP contribution in [0.2, 0.25) is 5.02 Å². The molecular formula is C20H19ClN4O4. The van der Waals surface area contributed by atoms with Crippen LogP contribution in [0.3, 0.4) is 0 Å². The zero-order chi connectivity index (χ0) is 20.8. The van der Waals surface area contributed by atoms with E-state index >= 15 is 0 Å². The summed E-state index contributed by atoms with van der Waals surface area (Å²) >= 11 is 6.01. The molecule has 1 aromatic heterocycles. The summed E-state index contributed by atoms with van der Waals surface area (Å²) in [6.45, 7) is 0.432. The van der Waals surface area contributed by atoms with E-state index in [1.807, 2.05) is 0 Å². The number of amides is 1. The van der Waals surface area contributed by atoms with Crippen LogP contribution in [0.1, 0.15) is 16.1 Å². The zero-order valence-electron chi connectivity index (χ0n) is 15.7. The highest BCUT2D eigenvalue weighted by molar-refractivity contribution is 6.30. The highest BCUT2D eigenvalue weighted by Gasteiger charge is 2.20. The number of hydrogen-bond donors (Lipinski definition) is 1. The number of carbonyl (C=O) groups excluding carboxylic acids is 1. The first-order valence-corrected chi connectivity index (χ1v) is 9.20. The highest BCUT2D eigenvalue weighted by atomic mass is 35.5. The van der Waals surface area contributed by atoms with Crippen molar-refractivity contribution in [1.82, 2.24) is 19.7 Å². The number of nitrogens with one attached hydrogen (secondary N) is 1. The van der Waals surface area contributed by atoms with Gasteiger partial charge in [-0.1, -0.05) is 41.9 Å². The van der Waals surface area contributed by atoms with Crippen molar-refractivity contribution in [1.29, 1.82) is 0 Å². The van der Waals surface area contributed by atoms with E-state index in [9.17, 15) is 14.4 Å². The van der Waals surface area contributed by atoms with Gasteiger partial charge >= 0.3 is 5.69 Å². The second-order valence-corrected chi connectivity index (χ2v) is 6.58. The van der Waals surface area contributed by atoms with Crippen LogP contribution in [0.25, 0.3) is 5.69 Å². The molecule has 8 nitrogen and oxygen atoms in total. The first kappa shape index (κ1) is 20.5. The first-order valence-electron chi connectivity index (χ1n) is 8.82. The third-order valence-corrected chi connectivity index (χ3v) is 4.33. The summed E-state index contributed by atoms with van der Waals surface area (Å²) in [5, 5.41) is 7.07. The van der Waals surface area contributed by atoms with Crippen molar-refractivity contribution < 1.29 is 9.53 Å². The summed E-state index contributed by atoms with van der Waals surface area (Å²) in [4.78, 5) is 38.4. The van der Waals surface area contributed by atoms with Crippen molar-refractivity contribution in [2.45, 2.75) is 6.54 Å². The number of aromatic nitrogens is 3. The average Bonchev–Trinajstić information content (AvgIpc) is 2.72. The fourth-order valence-electron chi connectivity index (χ4n) is 2.70. The highest BCUT2D eigenvalue weighted by Crippen LogP contribution is 2.11. The summed E-state index contributed by atoms with van der Waals surface area (Å²) in [6, 6.07) is 15.4. The van der Waals surface area contributed by atoms with E-state index < -0.39 is 17.2 Å². The third kappa shape index (κ3) is 4.79. The standard InChI is InChI=1S/C20H19ClN4O4/c1-29-11-10-22-18(26)17-19(27)24(13-14-6-5-7-15(21)12-14)20(28)25(23-17)16-8-3-2-4-9-16/h2-9,12H,10-11,13H2,1H3,(H,22,26). The minimum Gasteiger partial charge on any atom is -0.383 e. The van der Waals surface area contributed by atoms with Gasteiger partial charge in [-0.2, -0.15) is 9.78 Å². The fraction of sp³-hybridized carbons (Fsp3) is 0.200. The van der Waals surface area contributed by atoms with Gasteiger partial charge in [0, 0.05) is 18.7 Å². The SMILES string of the molecule is COCCNC(=O)c1nn(-c2ccccc2)c(=O)n(Cc2cccc(Cl)c2)c1=O. The summed E-state index contributed by atoms with van der Waals surface area (Å²) in [6.07, 6.45) is 0. The van der Waals surface area contributed by atoms with E-state index in [0.29, 0.717) is 16.3 Å². The van der Waals surface area contributed by atoms with Gasteiger partial charge in [0.05, 0.1) is 18.8 Å². The molecule has 0 saturated carbocycles.